The molecule has 1 aromatic rings. The maximum atomic E-state index is 12.4. The van der Waals surface area contributed by atoms with Gasteiger partial charge >= 0.3 is 0 Å². The van der Waals surface area contributed by atoms with E-state index >= 15 is 0 Å². The number of ether oxygens (including phenoxy) is 1. The molecule has 1 fully saturated rings. The van der Waals surface area contributed by atoms with Crippen LogP contribution < -0.4 is 5.32 Å². The highest BCUT2D eigenvalue weighted by molar-refractivity contribution is 6.33. The van der Waals surface area contributed by atoms with Gasteiger partial charge < -0.3 is 15.2 Å². The molecule has 6 nitrogen and oxygen atoms in total. The van der Waals surface area contributed by atoms with Gasteiger partial charge in [-0.1, -0.05) is 31.4 Å². The molecule has 1 amide bonds. The van der Waals surface area contributed by atoms with Gasteiger partial charge in [0.25, 0.3) is 5.91 Å². The Balaban J connectivity index is 2.06. The molecule has 0 unspecified atom stereocenters. The molecule has 22 heavy (non-hydrogen) atoms. The SMILES string of the molecule is CCCn1cc(Cl)c(C(=O)N[C@@H]2CCCC[C@@H](OC)[C@@H]2O)n1. The molecule has 0 bridgehead atoms. The third-order valence-electron chi connectivity index (χ3n) is 4.05. The number of aliphatic hydroxyl groups is 1. The lowest BCUT2D eigenvalue weighted by atomic mass is 10.0. The largest absolute Gasteiger partial charge is 0.388 e. The molecule has 1 aliphatic rings. The predicted octanol–water partition coefficient (Wildman–Crippen LogP) is 1.99. The average molecular weight is 330 g/mol. The predicted molar refractivity (Wildman–Crippen MR) is 84.1 cm³/mol. The summed E-state index contributed by atoms with van der Waals surface area (Å²) in [5, 5.41) is 17.8. The number of aryl methyl sites for hydroxylation is 1. The molecule has 0 aliphatic heterocycles. The highest BCUT2D eigenvalue weighted by atomic mass is 35.5. The average Bonchev–Trinajstić information content (AvgIpc) is 2.77. The molecule has 1 aliphatic carbocycles. The molecule has 1 aromatic heterocycles. The van der Waals surface area contributed by atoms with E-state index in [0.29, 0.717) is 11.6 Å². The van der Waals surface area contributed by atoms with Crippen molar-refractivity contribution in [3.63, 3.8) is 0 Å². The first-order valence-corrected chi connectivity index (χ1v) is 8.19. The van der Waals surface area contributed by atoms with E-state index in [2.05, 4.69) is 10.4 Å². The molecular weight excluding hydrogens is 306 g/mol. The first kappa shape index (κ1) is 17.2. The topological polar surface area (TPSA) is 76.4 Å². The van der Waals surface area contributed by atoms with Gasteiger partial charge in [0.2, 0.25) is 0 Å². The fraction of sp³-hybridized carbons (Fsp3) is 0.733. The number of methoxy groups -OCH3 is 1. The van der Waals surface area contributed by atoms with E-state index in [-0.39, 0.29) is 23.7 Å². The van der Waals surface area contributed by atoms with Crippen LogP contribution in [0.2, 0.25) is 5.02 Å². The Morgan fingerprint density at radius 1 is 1.55 bits per heavy atom. The van der Waals surface area contributed by atoms with Crippen molar-refractivity contribution >= 4 is 17.5 Å². The summed E-state index contributed by atoms with van der Waals surface area (Å²) < 4.78 is 6.98. The second-order valence-electron chi connectivity index (χ2n) is 5.72. The quantitative estimate of drug-likeness (QED) is 0.810. The summed E-state index contributed by atoms with van der Waals surface area (Å²) >= 11 is 6.09. The van der Waals surface area contributed by atoms with Crippen molar-refractivity contribution in [1.29, 1.82) is 0 Å². The van der Waals surface area contributed by atoms with Crippen molar-refractivity contribution in [2.45, 2.75) is 63.8 Å². The Labute approximate surface area is 135 Å². The lowest BCUT2D eigenvalue weighted by Gasteiger charge is -2.26. The number of aliphatic hydroxyl groups excluding tert-OH is 1. The molecule has 1 saturated carbocycles. The number of nitrogens with one attached hydrogen (secondary N) is 1. The van der Waals surface area contributed by atoms with E-state index in [4.69, 9.17) is 16.3 Å². The minimum Gasteiger partial charge on any atom is -0.388 e. The molecule has 0 spiro atoms. The monoisotopic (exact) mass is 329 g/mol. The van der Waals surface area contributed by atoms with Crippen LogP contribution in [0, 0.1) is 0 Å². The van der Waals surface area contributed by atoms with Gasteiger partial charge in [0.05, 0.1) is 17.2 Å². The first-order chi connectivity index (χ1) is 10.6. The Hall–Kier alpha value is -1.11. The molecule has 2 rings (SSSR count). The summed E-state index contributed by atoms with van der Waals surface area (Å²) in [7, 11) is 1.58. The first-order valence-electron chi connectivity index (χ1n) is 7.81. The molecule has 7 heteroatoms. The minimum atomic E-state index is -0.715. The van der Waals surface area contributed by atoms with Crippen molar-refractivity contribution in [2.24, 2.45) is 0 Å². The lowest BCUT2D eigenvalue weighted by Crippen LogP contribution is -2.48. The minimum absolute atomic E-state index is 0.209. The van der Waals surface area contributed by atoms with Crippen LogP contribution in [-0.2, 0) is 11.3 Å². The molecular formula is C15H24ClN3O3. The molecule has 0 radical (unpaired) electrons. The van der Waals surface area contributed by atoms with E-state index < -0.39 is 6.10 Å². The van der Waals surface area contributed by atoms with Crippen molar-refractivity contribution in [3.05, 3.63) is 16.9 Å². The standard InChI is InChI=1S/C15H24ClN3O3/c1-3-8-19-9-10(16)13(18-19)15(21)17-11-6-4-5-7-12(22-2)14(11)20/h9,11-12,14,20H,3-8H2,1-2H3,(H,17,21)/t11-,12-,14-/m1/s1. The molecule has 3 atom stereocenters. The van der Waals surface area contributed by atoms with E-state index in [1.165, 1.54) is 0 Å². The van der Waals surface area contributed by atoms with E-state index in [0.717, 1.165) is 32.1 Å². The number of hydrogen-bond acceptors (Lipinski definition) is 4. The van der Waals surface area contributed by atoms with Crippen molar-refractivity contribution in [1.82, 2.24) is 15.1 Å². The van der Waals surface area contributed by atoms with E-state index in [9.17, 15) is 9.90 Å². The van der Waals surface area contributed by atoms with Crippen LogP contribution in [0.1, 0.15) is 49.5 Å². The third kappa shape index (κ3) is 4.00. The number of aromatic nitrogens is 2. The molecule has 0 aromatic carbocycles. The van der Waals surface area contributed by atoms with Crippen LogP contribution in [0.4, 0.5) is 0 Å². The van der Waals surface area contributed by atoms with E-state index in [1.807, 2.05) is 6.92 Å². The summed E-state index contributed by atoms with van der Waals surface area (Å²) in [6.45, 7) is 2.74. The molecule has 124 valence electrons. The summed E-state index contributed by atoms with van der Waals surface area (Å²) in [6, 6.07) is -0.340. The Kier molecular flexibility index (Phi) is 6.23. The van der Waals surface area contributed by atoms with Gasteiger partial charge in [-0.3, -0.25) is 9.48 Å². The zero-order valence-corrected chi connectivity index (χ0v) is 13.8. The summed E-state index contributed by atoms with van der Waals surface area (Å²) in [5.41, 5.74) is 0.209. The maximum Gasteiger partial charge on any atom is 0.273 e. The highest BCUT2D eigenvalue weighted by Gasteiger charge is 2.32. The van der Waals surface area contributed by atoms with Crippen molar-refractivity contribution in [3.8, 4) is 0 Å². The van der Waals surface area contributed by atoms with Crippen LogP contribution in [0.5, 0.6) is 0 Å². The fourth-order valence-corrected chi connectivity index (χ4v) is 3.09. The Bertz CT molecular complexity index is 506. The number of halogens is 1. The number of amides is 1. The second-order valence-corrected chi connectivity index (χ2v) is 6.13. The van der Waals surface area contributed by atoms with Crippen LogP contribution in [0.3, 0.4) is 0 Å². The van der Waals surface area contributed by atoms with Gasteiger partial charge in [0.15, 0.2) is 5.69 Å². The number of nitrogens with zero attached hydrogens (tertiary/aromatic N) is 2. The van der Waals surface area contributed by atoms with Crippen molar-refractivity contribution < 1.29 is 14.6 Å². The Morgan fingerprint density at radius 3 is 2.95 bits per heavy atom. The molecule has 0 saturated heterocycles. The zero-order chi connectivity index (χ0) is 16.1. The van der Waals surface area contributed by atoms with Crippen LogP contribution in [0.15, 0.2) is 6.20 Å². The van der Waals surface area contributed by atoms with E-state index in [1.54, 1.807) is 18.0 Å². The maximum absolute atomic E-state index is 12.4. The third-order valence-corrected chi connectivity index (χ3v) is 4.33. The van der Waals surface area contributed by atoms with Gasteiger partial charge in [0.1, 0.15) is 6.10 Å². The van der Waals surface area contributed by atoms with Gasteiger partial charge in [-0.25, -0.2) is 0 Å². The second kappa shape index (κ2) is 7.94. The number of rotatable bonds is 5. The van der Waals surface area contributed by atoms with Gasteiger partial charge in [-0.2, -0.15) is 5.10 Å². The fourth-order valence-electron chi connectivity index (χ4n) is 2.86. The van der Waals surface area contributed by atoms with Gasteiger partial charge in [0, 0.05) is 19.9 Å². The van der Waals surface area contributed by atoms with Crippen LogP contribution >= 0.6 is 11.6 Å². The lowest BCUT2D eigenvalue weighted by molar-refractivity contribution is -0.0277. The molecule has 2 N–H and O–H groups in total. The van der Waals surface area contributed by atoms with Crippen LogP contribution in [-0.4, -0.2) is 46.2 Å². The normalized spacial score (nSPS) is 25.7. The number of carbonyl (C=O) groups excluding carboxylic acids is 1. The highest BCUT2D eigenvalue weighted by Crippen LogP contribution is 2.22. The smallest absolute Gasteiger partial charge is 0.273 e. The van der Waals surface area contributed by atoms with Gasteiger partial charge in [-0.05, 0) is 19.3 Å². The zero-order valence-electron chi connectivity index (χ0n) is 13.1. The summed E-state index contributed by atoms with van der Waals surface area (Å²) in [4.78, 5) is 12.4. The number of carbonyl (C=O) groups is 1. The van der Waals surface area contributed by atoms with Gasteiger partial charge in [-0.15, -0.1) is 0 Å². The molecule has 1 heterocycles. The summed E-state index contributed by atoms with van der Waals surface area (Å²) in [6.07, 6.45) is 5.05. The van der Waals surface area contributed by atoms with Crippen molar-refractivity contribution in [2.75, 3.05) is 7.11 Å². The summed E-state index contributed by atoms with van der Waals surface area (Å²) in [5.74, 6) is -0.347. The Morgan fingerprint density at radius 2 is 2.27 bits per heavy atom. The number of hydrogen-bond donors (Lipinski definition) is 2. The van der Waals surface area contributed by atoms with Crippen LogP contribution in [0.25, 0.3) is 0 Å².